The molecule has 1 N–H and O–H groups in total. The lowest BCUT2D eigenvalue weighted by molar-refractivity contribution is -0.116. The maximum Gasteiger partial charge on any atom is 0.254 e. The molecule has 5 heteroatoms. The number of nitrogens with zero attached hydrogens (tertiary/aromatic N) is 2. The standard InChI is InChI=1S/C22H23N3O2/c1-14-10-15(2)21(16(3)11-14)24-19(26)13-25-20(27)12-17(4)23-22(25)18-8-6-5-7-9-18/h5-12H,13H2,1-4H3,(H,24,26). The average molecular weight is 361 g/mol. The fourth-order valence-corrected chi connectivity index (χ4v) is 3.28. The number of benzene rings is 2. The monoisotopic (exact) mass is 361 g/mol. The molecule has 0 atom stereocenters. The highest BCUT2D eigenvalue weighted by atomic mass is 16.2. The molecule has 3 aromatic rings. The van der Waals surface area contributed by atoms with Crippen LogP contribution in [0.5, 0.6) is 0 Å². The molecule has 0 unspecified atom stereocenters. The van der Waals surface area contributed by atoms with Crippen molar-refractivity contribution in [3.63, 3.8) is 0 Å². The molecule has 0 aliphatic rings. The summed E-state index contributed by atoms with van der Waals surface area (Å²) in [4.78, 5) is 29.7. The van der Waals surface area contributed by atoms with E-state index in [0.717, 1.165) is 27.9 Å². The van der Waals surface area contributed by atoms with E-state index in [1.807, 2.05) is 63.2 Å². The van der Waals surface area contributed by atoms with E-state index in [1.165, 1.54) is 10.6 Å². The Morgan fingerprint density at radius 3 is 2.26 bits per heavy atom. The van der Waals surface area contributed by atoms with Crippen LogP contribution in [0.15, 0.2) is 53.3 Å². The Balaban J connectivity index is 1.94. The van der Waals surface area contributed by atoms with Gasteiger partial charge in [-0.2, -0.15) is 0 Å². The number of aryl methyl sites for hydroxylation is 4. The van der Waals surface area contributed by atoms with Crippen molar-refractivity contribution in [2.24, 2.45) is 0 Å². The smallest absolute Gasteiger partial charge is 0.254 e. The molecular formula is C22H23N3O2. The van der Waals surface area contributed by atoms with Gasteiger partial charge < -0.3 is 5.32 Å². The van der Waals surface area contributed by atoms with Crippen LogP contribution in [0, 0.1) is 27.7 Å². The molecule has 5 nitrogen and oxygen atoms in total. The van der Waals surface area contributed by atoms with E-state index in [0.29, 0.717) is 11.5 Å². The first-order chi connectivity index (χ1) is 12.8. The zero-order valence-electron chi connectivity index (χ0n) is 16.0. The van der Waals surface area contributed by atoms with Crippen LogP contribution >= 0.6 is 0 Å². The van der Waals surface area contributed by atoms with E-state index in [-0.39, 0.29) is 18.0 Å². The van der Waals surface area contributed by atoms with Gasteiger partial charge >= 0.3 is 0 Å². The maximum atomic E-state index is 12.7. The van der Waals surface area contributed by atoms with Crippen LogP contribution in [0.1, 0.15) is 22.4 Å². The molecule has 0 saturated carbocycles. The van der Waals surface area contributed by atoms with Crippen LogP contribution < -0.4 is 10.9 Å². The van der Waals surface area contributed by atoms with Crippen molar-refractivity contribution < 1.29 is 4.79 Å². The predicted molar refractivity (Wildman–Crippen MR) is 108 cm³/mol. The summed E-state index contributed by atoms with van der Waals surface area (Å²) in [5.74, 6) is 0.239. The number of anilines is 1. The van der Waals surface area contributed by atoms with Crippen LogP contribution in [0.4, 0.5) is 5.69 Å². The summed E-state index contributed by atoms with van der Waals surface area (Å²) in [5.41, 5.74) is 5.12. The second-order valence-electron chi connectivity index (χ2n) is 6.83. The molecule has 0 aliphatic heterocycles. The van der Waals surface area contributed by atoms with E-state index in [1.54, 1.807) is 6.92 Å². The molecule has 3 rings (SSSR count). The fraction of sp³-hybridized carbons (Fsp3) is 0.227. The predicted octanol–water partition coefficient (Wildman–Crippen LogP) is 3.78. The molecule has 0 saturated heterocycles. The maximum absolute atomic E-state index is 12.7. The summed E-state index contributed by atoms with van der Waals surface area (Å²) in [6.07, 6.45) is 0. The summed E-state index contributed by atoms with van der Waals surface area (Å²) >= 11 is 0. The Hall–Kier alpha value is -3.21. The molecule has 1 aromatic heterocycles. The summed E-state index contributed by atoms with van der Waals surface area (Å²) in [7, 11) is 0. The van der Waals surface area contributed by atoms with Crippen molar-refractivity contribution in [1.29, 1.82) is 0 Å². The molecule has 0 bridgehead atoms. The number of amides is 1. The van der Waals surface area contributed by atoms with Crippen molar-refractivity contribution in [2.75, 3.05) is 5.32 Å². The first-order valence-electron chi connectivity index (χ1n) is 8.87. The molecule has 0 radical (unpaired) electrons. The number of hydrogen-bond acceptors (Lipinski definition) is 3. The second kappa shape index (κ2) is 7.58. The van der Waals surface area contributed by atoms with Crippen LogP contribution in [0.25, 0.3) is 11.4 Å². The molecular weight excluding hydrogens is 338 g/mol. The zero-order chi connectivity index (χ0) is 19.6. The van der Waals surface area contributed by atoms with Crippen molar-refractivity contribution in [3.05, 3.63) is 81.3 Å². The van der Waals surface area contributed by atoms with Crippen molar-refractivity contribution in [1.82, 2.24) is 9.55 Å². The van der Waals surface area contributed by atoms with Crippen LogP contribution in [-0.4, -0.2) is 15.5 Å². The van der Waals surface area contributed by atoms with E-state index >= 15 is 0 Å². The molecule has 0 spiro atoms. The summed E-state index contributed by atoms with van der Waals surface area (Å²) in [5, 5.41) is 2.95. The quantitative estimate of drug-likeness (QED) is 0.769. The third-order valence-electron chi connectivity index (χ3n) is 4.41. The van der Waals surface area contributed by atoms with Gasteiger partial charge in [-0.05, 0) is 38.8 Å². The van der Waals surface area contributed by atoms with Gasteiger partial charge in [0.2, 0.25) is 5.91 Å². The Bertz CT molecular complexity index is 1030. The zero-order valence-corrected chi connectivity index (χ0v) is 16.0. The van der Waals surface area contributed by atoms with Gasteiger partial charge in [-0.25, -0.2) is 4.98 Å². The van der Waals surface area contributed by atoms with Crippen molar-refractivity contribution >= 4 is 11.6 Å². The number of rotatable bonds is 4. The van der Waals surface area contributed by atoms with Gasteiger partial charge in [0, 0.05) is 23.0 Å². The van der Waals surface area contributed by atoms with Gasteiger partial charge in [-0.15, -0.1) is 0 Å². The second-order valence-corrected chi connectivity index (χ2v) is 6.83. The molecule has 0 fully saturated rings. The highest BCUT2D eigenvalue weighted by molar-refractivity contribution is 5.92. The van der Waals surface area contributed by atoms with Crippen LogP contribution in [0.2, 0.25) is 0 Å². The molecule has 138 valence electrons. The van der Waals surface area contributed by atoms with E-state index in [9.17, 15) is 9.59 Å². The van der Waals surface area contributed by atoms with E-state index in [4.69, 9.17) is 0 Å². The molecule has 1 heterocycles. The molecule has 2 aromatic carbocycles. The summed E-state index contributed by atoms with van der Waals surface area (Å²) in [6.45, 7) is 7.63. The van der Waals surface area contributed by atoms with Gasteiger partial charge in [-0.1, -0.05) is 48.0 Å². The average Bonchev–Trinajstić information content (AvgIpc) is 2.61. The highest BCUT2D eigenvalue weighted by Crippen LogP contribution is 2.22. The fourth-order valence-electron chi connectivity index (χ4n) is 3.28. The van der Waals surface area contributed by atoms with Gasteiger partial charge in [0.15, 0.2) is 0 Å². The van der Waals surface area contributed by atoms with Gasteiger partial charge in [0.1, 0.15) is 12.4 Å². The third-order valence-corrected chi connectivity index (χ3v) is 4.41. The molecule has 27 heavy (non-hydrogen) atoms. The lowest BCUT2D eigenvalue weighted by Gasteiger charge is -2.15. The van der Waals surface area contributed by atoms with E-state index < -0.39 is 0 Å². The van der Waals surface area contributed by atoms with Crippen molar-refractivity contribution in [2.45, 2.75) is 34.2 Å². The minimum atomic E-state index is -0.255. The van der Waals surface area contributed by atoms with Crippen molar-refractivity contribution in [3.8, 4) is 11.4 Å². The Morgan fingerprint density at radius 1 is 1.00 bits per heavy atom. The minimum absolute atomic E-state index is 0.0941. The van der Waals surface area contributed by atoms with E-state index in [2.05, 4.69) is 10.3 Å². The lowest BCUT2D eigenvalue weighted by Crippen LogP contribution is -2.30. The highest BCUT2D eigenvalue weighted by Gasteiger charge is 2.14. The minimum Gasteiger partial charge on any atom is -0.324 e. The third kappa shape index (κ3) is 4.14. The van der Waals surface area contributed by atoms with Crippen LogP contribution in [-0.2, 0) is 11.3 Å². The molecule has 0 aliphatic carbocycles. The number of carbonyl (C=O) groups is 1. The number of nitrogens with one attached hydrogen (secondary N) is 1. The Kier molecular flexibility index (Phi) is 5.21. The van der Waals surface area contributed by atoms with Gasteiger partial charge in [-0.3, -0.25) is 14.2 Å². The number of carbonyl (C=O) groups excluding carboxylic acids is 1. The van der Waals surface area contributed by atoms with Crippen LogP contribution in [0.3, 0.4) is 0 Å². The topological polar surface area (TPSA) is 64.0 Å². The SMILES string of the molecule is Cc1cc(C)c(NC(=O)Cn2c(-c3ccccc3)nc(C)cc2=O)c(C)c1. The van der Waals surface area contributed by atoms with Gasteiger partial charge in [0.05, 0.1) is 0 Å². The first kappa shape index (κ1) is 18.6. The summed E-state index contributed by atoms with van der Waals surface area (Å²) < 4.78 is 1.41. The Labute approximate surface area is 158 Å². The first-order valence-corrected chi connectivity index (χ1v) is 8.87. The number of hydrogen-bond donors (Lipinski definition) is 1. The largest absolute Gasteiger partial charge is 0.324 e. The number of aromatic nitrogens is 2. The summed E-state index contributed by atoms with van der Waals surface area (Å²) in [6, 6.07) is 14.9. The normalized spacial score (nSPS) is 10.7. The lowest BCUT2D eigenvalue weighted by atomic mass is 10.1. The molecule has 1 amide bonds. The van der Waals surface area contributed by atoms with Gasteiger partial charge in [0.25, 0.3) is 5.56 Å². The Morgan fingerprint density at radius 2 is 1.63 bits per heavy atom.